The summed E-state index contributed by atoms with van der Waals surface area (Å²) in [4.78, 5) is 25.4. The third kappa shape index (κ3) is 2.24. The number of amides is 1. The minimum atomic E-state index is -1.14. The van der Waals surface area contributed by atoms with Crippen LogP contribution >= 0.6 is 0 Å². The first-order valence-corrected chi connectivity index (χ1v) is 5.15. The standard InChI is InChI=1S/C11H11N3O4/c1-5-3-7(9(12-5)11(16)17)13-10(15)8-4-6(2)18-14-8/h3-4,12H,1-2H3,(H,13,15)(H,16,17). The van der Waals surface area contributed by atoms with Gasteiger partial charge in [0.15, 0.2) is 5.69 Å². The molecule has 3 N–H and O–H groups in total. The molecule has 2 heterocycles. The molecule has 0 saturated heterocycles. The van der Waals surface area contributed by atoms with E-state index in [1.165, 1.54) is 12.1 Å². The van der Waals surface area contributed by atoms with Gasteiger partial charge in [0.1, 0.15) is 11.5 Å². The third-order valence-electron chi connectivity index (χ3n) is 2.28. The van der Waals surface area contributed by atoms with Gasteiger partial charge in [0, 0.05) is 11.8 Å². The van der Waals surface area contributed by atoms with E-state index in [9.17, 15) is 9.59 Å². The minimum Gasteiger partial charge on any atom is -0.477 e. The number of carboxylic acids is 1. The van der Waals surface area contributed by atoms with Crippen LogP contribution in [0.1, 0.15) is 32.4 Å². The Bertz CT molecular complexity index is 612. The van der Waals surface area contributed by atoms with Crippen molar-refractivity contribution in [1.82, 2.24) is 10.1 Å². The van der Waals surface area contributed by atoms with Crippen molar-refractivity contribution in [2.45, 2.75) is 13.8 Å². The number of aryl methyl sites for hydroxylation is 2. The maximum atomic E-state index is 11.8. The number of H-pyrrole nitrogens is 1. The summed E-state index contributed by atoms with van der Waals surface area (Å²) >= 11 is 0. The Morgan fingerprint density at radius 3 is 2.67 bits per heavy atom. The Balaban J connectivity index is 2.24. The van der Waals surface area contributed by atoms with Crippen molar-refractivity contribution in [1.29, 1.82) is 0 Å². The summed E-state index contributed by atoms with van der Waals surface area (Å²) in [6.45, 7) is 3.36. The zero-order chi connectivity index (χ0) is 13.3. The molecule has 7 nitrogen and oxygen atoms in total. The highest BCUT2D eigenvalue weighted by molar-refractivity contribution is 6.06. The number of nitrogens with one attached hydrogen (secondary N) is 2. The monoisotopic (exact) mass is 249 g/mol. The van der Waals surface area contributed by atoms with Crippen LogP contribution in [0.4, 0.5) is 5.69 Å². The van der Waals surface area contributed by atoms with E-state index in [0.717, 1.165) is 0 Å². The van der Waals surface area contributed by atoms with Crippen LogP contribution in [0.2, 0.25) is 0 Å². The Morgan fingerprint density at radius 2 is 2.11 bits per heavy atom. The number of aromatic amines is 1. The molecule has 2 rings (SSSR count). The van der Waals surface area contributed by atoms with Gasteiger partial charge in [-0.1, -0.05) is 5.16 Å². The Morgan fingerprint density at radius 1 is 1.39 bits per heavy atom. The Hall–Kier alpha value is -2.57. The smallest absolute Gasteiger partial charge is 0.354 e. The maximum absolute atomic E-state index is 11.8. The van der Waals surface area contributed by atoms with Crippen LogP contribution in [0.15, 0.2) is 16.7 Å². The van der Waals surface area contributed by atoms with Crippen LogP contribution in [-0.2, 0) is 0 Å². The first-order valence-electron chi connectivity index (χ1n) is 5.15. The number of nitrogens with zero attached hydrogens (tertiary/aromatic N) is 1. The predicted octanol–water partition coefficient (Wildman–Crippen LogP) is 1.57. The van der Waals surface area contributed by atoms with Gasteiger partial charge in [-0.25, -0.2) is 4.79 Å². The topological polar surface area (TPSA) is 108 Å². The van der Waals surface area contributed by atoms with Crippen LogP contribution in [0, 0.1) is 13.8 Å². The van der Waals surface area contributed by atoms with Crippen molar-refractivity contribution >= 4 is 17.6 Å². The van der Waals surface area contributed by atoms with Crippen molar-refractivity contribution in [2.24, 2.45) is 0 Å². The van der Waals surface area contributed by atoms with Gasteiger partial charge < -0.3 is 19.9 Å². The molecular weight excluding hydrogens is 238 g/mol. The number of aromatic carboxylic acids is 1. The van der Waals surface area contributed by atoms with Gasteiger partial charge in [-0.05, 0) is 19.9 Å². The van der Waals surface area contributed by atoms with Gasteiger partial charge in [-0.15, -0.1) is 0 Å². The van der Waals surface area contributed by atoms with Gasteiger partial charge >= 0.3 is 5.97 Å². The summed E-state index contributed by atoms with van der Waals surface area (Å²) in [5, 5.41) is 15.0. The average Bonchev–Trinajstić information content (AvgIpc) is 2.85. The van der Waals surface area contributed by atoms with Crippen molar-refractivity contribution in [3.8, 4) is 0 Å². The lowest BCUT2D eigenvalue weighted by atomic mass is 10.3. The van der Waals surface area contributed by atoms with E-state index in [4.69, 9.17) is 9.63 Å². The number of carbonyl (C=O) groups is 2. The van der Waals surface area contributed by atoms with Crippen LogP contribution in [-0.4, -0.2) is 27.1 Å². The lowest BCUT2D eigenvalue weighted by Gasteiger charge is -2.00. The second-order valence-corrected chi connectivity index (χ2v) is 3.82. The first-order chi connectivity index (χ1) is 8.47. The van der Waals surface area contributed by atoms with Gasteiger partial charge in [0.2, 0.25) is 0 Å². The third-order valence-corrected chi connectivity index (χ3v) is 2.28. The van der Waals surface area contributed by atoms with E-state index in [2.05, 4.69) is 15.5 Å². The molecule has 0 aliphatic rings. The van der Waals surface area contributed by atoms with Crippen molar-refractivity contribution in [2.75, 3.05) is 5.32 Å². The maximum Gasteiger partial charge on any atom is 0.354 e. The summed E-state index contributed by atoms with van der Waals surface area (Å²) in [6, 6.07) is 3.00. The molecule has 2 aromatic heterocycles. The molecule has 0 aliphatic heterocycles. The molecule has 0 unspecified atom stereocenters. The summed E-state index contributed by atoms with van der Waals surface area (Å²) in [5.41, 5.74) is 0.869. The van der Waals surface area contributed by atoms with E-state index < -0.39 is 11.9 Å². The molecule has 0 saturated carbocycles. The number of aromatic nitrogens is 2. The fourth-order valence-corrected chi connectivity index (χ4v) is 1.52. The number of carboxylic acid groups (broad SMARTS) is 1. The second-order valence-electron chi connectivity index (χ2n) is 3.82. The first kappa shape index (κ1) is 11.9. The van der Waals surface area contributed by atoms with Gasteiger partial charge in [0.25, 0.3) is 5.91 Å². The molecule has 0 aromatic carbocycles. The highest BCUT2D eigenvalue weighted by Crippen LogP contribution is 2.17. The molecule has 0 atom stereocenters. The van der Waals surface area contributed by atoms with Crippen LogP contribution in [0.25, 0.3) is 0 Å². The molecule has 18 heavy (non-hydrogen) atoms. The predicted molar refractivity (Wildman–Crippen MR) is 61.7 cm³/mol. The molecule has 0 spiro atoms. The molecule has 0 fully saturated rings. The molecule has 1 amide bonds. The molecule has 0 aliphatic carbocycles. The lowest BCUT2D eigenvalue weighted by Crippen LogP contribution is -2.14. The van der Waals surface area contributed by atoms with Gasteiger partial charge in [-0.2, -0.15) is 0 Å². The fourth-order valence-electron chi connectivity index (χ4n) is 1.52. The molecule has 2 aromatic rings. The van der Waals surface area contributed by atoms with Gasteiger partial charge in [-0.3, -0.25) is 4.79 Å². The highest BCUT2D eigenvalue weighted by atomic mass is 16.5. The second kappa shape index (κ2) is 4.36. The molecule has 7 heteroatoms. The largest absolute Gasteiger partial charge is 0.477 e. The molecule has 0 bridgehead atoms. The minimum absolute atomic E-state index is 0.0685. The van der Waals surface area contributed by atoms with E-state index in [1.807, 2.05) is 0 Å². The lowest BCUT2D eigenvalue weighted by molar-refractivity contribution is 0.0692. The molecular formula is C11H11N3O4. The number of anilines is 1. The summed E-state index contributed by atoms with van der Waals surface area (Å²) < 4.78 is 4.77. The van der Waals surface area contributed by atoms with E-state index in [-0.39, 0.29) is 17.1 Å². The molecule has 94 valence electrons. The average molecular weight is 249 g/mol. The normalized spacial score (nSPS) is 10.3. The van der Waals surface area contributed by atoms with Crippen LogP contribution in [0.5, 0.6) is 0 Å². The number of hydrogen-bond acceptors (Lipinski definition) is 4. The van der Waals surface area contributed by atoms with Crippen molar-refractivity contribution < 1.29 is 19.2 Å². The van der Waals surface area contributed by atoms with Crippen LogP contribution in [0.3, 0.4) is 0 Å². The van der Waals surface area contributed by atoms with E-state index in [0.29, 0.717) is 11.5 Å². The Labute approximate surface area is 102 Å². The van der Waals surface area contributed by atoms with Crippen LogP contribution < -0.4 is 5.32 Å². The summed E-state index contributed by atoms with van der Waals surface area (Å²) in [6.07, 6.45) is 0. The fraction of sp³-hybridized carbons (Fsp3) is 0.182. The number of carbonyl (C=O) groups excluding carboxylic acids is 1. The van der Waals surface area contributed by atoms with E-state index in [1.54, 1.807) is 13.8 Å². The Kier molecular flexibility index (Phi) is 2.88. The zero-order valence-corrected chi connectivity index (χ0v) is 9.77. The quantitative estimate of drug-likeness (QED) is 0.765. The highest BCUT2D eigenvalue weighted by Gasteiger charge is 2.17. The van der Waals surface area contributed by atoms with Gasteiger partial charge in [0.05, 0.1) is 5.69 Å². The van der Waals surface area contributed by atoms with Crippen molar-refractivity contribution in [3.05, 3.63) is 35.0 Å². The van der Waals surface area contributed by atoms with Crippen molar-refractivity contribution in [3.63, 3.8) is 0 Å². The molecule has 0 radical (unpaired) electrons. The SMILES string of the molecule is Cc1cc(NC(=O)c2cc(C)on2)c(C(=O)O)[nH]1. The summed E-state index contributed by atoms with van der Waals surface area (Å²) in [5.74, 6) is -1.16. The number of hydrogen-bond donors (Lipinski definition) is 3. The number of rotatable bonds is 3. The van der Waals surface area contributed by atoms with E-state index >= 15 is 0 Å². The summed E-state index contributed by atoms with van der Waals surface area (Å²) in [7, 11) is 0. The zero-order valence-electron chi connectivity index (χ0n) is 9.77.